The monoisotopic (exact) mass is 430 g/mol. The molecule has 0 unspecified atom stereocenters. The summed E-state index contributed by atoms with van der Waals surface area (Å²) in [6, 6.07) is 5.79. The minimum Gasteiger partial charge on any atom is -0.497 e. The lowest BCUT2D eigenvalue weighted by Gasteiger charge is -2.44. The second-order valence-electron chi connectivity index (χ2n) is 6.52. The second-order valence-corrected chi connectivity index (χ2v) is 8.00. The zero-order chi connectivity index (χ0) is 20.8. The molecule has 1 fully saturated rings. The van der Waals surface area contributed by atoms with Gasteiger partial charge >= 0.3 is 0 Å². The molecule has 7 nitrogen and oxygen atoms in total. The van der Waals surface area contributed by atoms with E-state index in [1.54, 1.807) is 40.2 Å². The normalized spacial score (nSPS) is 27.4. The minimum atomic E-state index is -0.290. The average molecular weight is 431 g/mol. The van der Waals surface area contributed by atoms with E-state index in [1.807, 2.05) is 36.9 Å². The number of aryl methyl sites for hydroxylation is 1. The molecular weight excluding hydrogens is 400 g/mol. The SMILES string of the molecule is COc1ccc(N(CS[C@@H]2O[C@@H](C)[C@H](OC)[C@@H](OC)[C@H]2OC)C(N)=S)c(C)c1. The molecule has 0 radical (unpaired) electrons. The first-order valence-electron chi connectivity index (χ1n) is 8.94. The van der Waals surface area contributed by atoms with Crippen LogP contribution in [0.1, 0.15) is 12.5 Å². The van der Waals surface area contributed by atoms with Crippen LogP contribution in [0.15, 0.2) is 18.2 Å². The van der Waals surface area contributed by atoms with Gasteiger partial charge in [0.15, 0.2) is 5.11 Å². The van der Waals surface area contributed by atoms with Crippen LogP contribution in [0.3, 0.4) is 0 Å². The predicted molar refractivity (Wildman–Crippen MR) is 116 cm³/mol. The molecular formula is C19H30N2O5S2. The van der Waals surface area contributed by atoms with Crippen LogP contribution in [-0.4, -0.2) is 69.3 Å². The minimum absolute atomic E-state index is 0.139. The molecule has 0 amide bonds. The summed E-state index contributed by atoms with van der Waals surface area (Å²) < 4.78 is 28.3. The van der Waals surface area contributed by atoms with Crippen molar-refractivity contribution in [1.29, 1.82) is 0 Å². The van der Waals surface area contributed by atoms with Crippen LogP contribution in [0.2, 0.25) is 0 Å². The van der Waals surface area contributed by atoms with Crippen LogP contribution in [0.5, 0.6) is 5.75 Å². The van der Waals surface area contributed by atoms with Gasteiger partial charge in [-0.15, -0.1) is 11.8 Å². The van der Waals surface area contributed by atoms with Crippen molar-refractivity contribution in [2.75, 3.05) is 39.2 Å². The van der Waals surface area contributed by atoms with Crippen LogP contribution in [0.4, 0.5) is 5.69 Å². The lowest BCUT2D eigenvalue weighted by molar-refractivity contribution is -0.216. The van der Waals surface area contributed by atoms with Crippen molar-refractivity contribution in [2.24, 2.45) is 5.73 Å². The molecule has 1 aromatic carbocycles. The van der Waals surface area contributed by atoms with Gasteiger partial charge in [-0.05, 0) is 49.8 Å². The number of nitrogens with zero attached hydrogens (tertiary/aromatic N) is 1. The average Bonchev–Trinajstić information content (AvgIpc) is 2.68. The van der Waals surface area contributed by atoms with Crippen molar-refractivity contribution in [3.63, 3.8) is 0 Å². The van der Waals surface area contributed by atoms with Crippen LogP contribution in [0, 0.1) is 6.92 Å². The summed E-state index contributed by atoms with van der Waals surface area (Å²) in [6.07, 6.45) is -0.874. The quantitative estimate of drug-likeness (QED) is 0.494. The van der Waals surface area contributed by atoms with Gasteiger partial charge in [0, 0.05) is 27.0 Å². The maximum atomic E-state index is 6.16. The summed E-state index contributed by atoms with van der Waals surface area (Å²) in [5.41, 5.74) is 7.70. The molecule has 2 N–H and O–H groups in total. The lowest BCUT2D eigenvalue weighted by atomic mass is 10.0. The summed E-state index contributed by atoms with van der Waals surface area (Å²) in [5.74, 6) is 1.29. The van der Waals surface area contributed by atoms with E-state index in [0.717, 1.165) is 17.0 Å². The highest BCUT2D eigenvalue weighted by Gasteiger charge is 2.45. The van der Waals surface area contributed by atoms with Crippen molar-refractivity contribution in [3.8, 4) is 5.75 Å². The van der Waals surface area contributed by atoms with Gasteiger partial charge in [0.1, 0.15) is 29.5 Å². The highest BCUT2D eigenvalue weighted by atomic mass is 32.2. The predicted octanol–water partition coefficient (Wildman–Crippen LogP) is 2.53. The topological polar surface area (TPSA) is 75.4 Å². The van der Waals surface area contributed by atoms with Gasteiger partial charge < -0.3 is 34.3 Å². The van der Waals surface area contributed by atoms with E-state index < -0.39 is 0 Å². The Labute approximate surface area is 176 Å². The van der Waals surface area contributed by atoms with Crippen LogP contribution in [0.25, 0.3) is 0 Å². The number of rotatable bonds is 8. The standard InChI is InChI=1S/C19H30N2O5S2/c1-11-9-13(22-3)7-8-14(11)21(19(20)27)10-28-18-17(25-6)16(24-5)15(23-4)12(2)26-18/h7-9,12,15-18H,10H2,1-6H3,(H2,20,27)/t12-,15-,16+,17+,18-/m0/s1. The highest BCUT2D eigenvalue weighted by molar-refractivity contribution is 8.00. The lowest BCUT2D eigenvalue weighted by Crippen LogP contribution is -2.58. The Kier molecular flexibility index (Phi) is 8.79. The number of ether oxygens (including phenoxy) is 5. The van der Waals surface area contributed by atoms with Gasteiger partial charge in [-0.25, -0.2) is 0 Å². The molecule has 0 aromatic heterocycles. The van der Waals surface area contributed by atoms with Crippen LogP contribution < -0.4 is 15.4 Å². The number of anilines is 1. The maximum Gasteiger partial charge on any atom is 0.171 e. The van der Waals surface area contributed by atoms with E-state index in [9.17, 15) is 0 Å². The molecule has 5 atom stereocenters. The molecule has 1 aliphatic heterocycles. The van der Waals surface area contributed by atoms with Crippen molar-refractivity contribution in [2.45, 2.75) is 43.7 Å². The third kappa shape index (κ3) is 5.08. The molecule has 0 spiro atoms. The fourth-order valence-corrected chi connectivity index (χ4v) is 4.93. The van der Waals surface area contributed by atoms with Gasteiger partial charge in [0.05, 0.1) is 19.1 Å². The Bertz CT molecular complexity index is 663. The molecule has 0 saturated carbocycles. The molecule has 1 aliphatic rings. The van der Waals surface area contributed by atoms with Crippen LogP contribution in [-0.2, 0) is 18.9 Å². The smallest absolute Gasteiger partial charge is 0.171 e. The van der Waals surface area contributed by atoms with E-state index >= 15 is 0 Å². The molecule has 0 aliphatic carbocycles. The van der Waals surface area contributed by atoms with E-state index in [0.29, 0.717) is 5.88 Å². The largest absolute Gasteiger partial charge is 0.497 e. The van der Waals surface area contributed by atoms with Gasteiger partial charge in [-0.3, -0.25) is 0 Å². The molecule has 2 rings (SSSR count). The number of hydrogen-bond donors (Lipinski definition) is 1. The van der Waals surface area contributed by atoms with Crippen molar-refractivity contribution in [1.82, 2.24) is 0 Å². The number of benzene rings is 1. The fraction of sp³-hybridized carbons (Fsp3) is 0.632. The number of thiocarbonyl (C=S) groups is 1. The number of thioether (sulfide) groups is 1. The number of nitrogens with two attached hydrogens (primary N) is 1. The van der Waals surface area contributed by atoms with E-state index in [-0.39, 0.29) is 35.0 Å². The van der Waals surface area contributed by atoms with Crippen LogP contribution >= 0.6 is 24.0 Å². The van der Waals surface area contributed by atoms with E-state index in [2.05, 4.69) is 0 Å². The molecule has 1 heterocycles. The van der Waals surface area contributed by atoms with E-state index in [1.165, 1.54) is 0 Å². The Hall–Kier alpha value is -1.10. The Morgan fingerprint density at radius 3 is 2.29 bits per heavy atom. The molecule has 28 heavy (non-hydrogen) atoms. The molecule has 1 aromatic rings. The second kappa shape index (κ2) is 10.6. The molecule has 0 bridgehead atoms. The Morgan fingerprint density at radius 2 is 1.79 bits per heavy atom. The number of hydrogen-bond acceptors (Lipinski definition) is 7. The van der Waals surface area contributed by atoms with Gasteiger partial charge in [-0.2, -0.15) is 0 Å². The molecule has 1 saturated heterocycles. The van der Waals surface area contributed by atoms with Gasteiger partial charge in [-0.1, -0.05) is 0 Å². The van der Waals surface area contributed by atoms with Gasteiger partial charge in [0.25, 0.3) is 0 Å². The molecule has 9 heteroatoms. The van der Waals surface area contributed by atoms with Gasteiger partial charge in [0.2, 0.25) is 0 Å². The molecule has 158 valence electrons. The summed E-state index contributed by atoms with van der Waals surface area (Å²) in [4.78, 5) is 1.87. The summed E-state index contributed by atoms with van der Waals surface area (Å²) in [6.45, 7) is 3.97. The summed E-state index contributed by atoms with van der Waals surface area (Å²) in [5, 5.41) is 0.289. The van der Waals surface area contributed by atoms with E-state index in [4.69, 9.17) is 41.6 Å². The third-order valence-electron chi connectivity index (χ3n) is 4.87. The number of methoxy groups -OCH3 is 4. The highest BCUT2D eigenvalue weighted by Crippen LogP contribution is 2.34. The Morgan fingerprint density at radius 1 is 1.14 bits per heavy atom. The first kappa shape index (κ1) is 23.2. The van der Waals surface area contributed by atoms with Crippen molar-refractivity contribution >= 4 is 34.8 Å². The fourth-order valence-electron chi connectivity index (χ4n) is 3.41. The summed E-state index contributed by atoms with van der Waals surface area (Å²) in [7, 11) is 6.60. The zero-order valence-electron chi connectivity index (χ0n) is 17.2. The Balaban J connectivity index is 2.17. The third-order valence-corrected chi connectivity index (χ3v) is 6.21. The first-order chi connectivity index (χ1) is 13.4. The zero-order valence-corrected chi connectivity index (χ0v) is 18.8. The summed E-state index contributed by atoms with van der Waals surface area (Å²) >= 11 is 6.85. The maximum absolute atomic E-state index is 6.16. The van der Waals surface area contributed by atoms with Crippen molar-refractivity contribution in [3.05, 3.63) is 23.8 Å². The van der Waals surface area contributed by atoms with Crippen molar-refractivity contribution < 1.29 is 23.7 Å². The first-order valence-corrected chi connectivity index (χ1v) is 10.4.